The predicted octanol–water partition coefficient (Wildman–Crippen LogP) is 3.87. The van der Waals surface area contributed by atoms with Crippen LogP contribution in [0, 0.1) is 0 Å². The Morgan fingerprint density at radius 3 is 2.70 bits per heavy atom. The van der Waals surface area contributed by atoms with E-state index < -0.39 is 0 Å². The Morgan fingerprint density at radius 2 is 1.96 bits per heavy atom. The minimum absolute atomic E-state index is 0.346. The van der Waals surface area contributed by atoms with Crippen molar-refractivity contribution in [3.05, 3.63) is 65.0 Å². The largest absolute Gasteiger partial charge is 0.391 e. The van der Waals surface area contributed by atoms with Crippen LogP contribution in [0.25, 0.3) is 5.65 Å². The molecule has 0 spiro atoms. The average molecular weight is 374 g/mol. The van der Waals surface area contributed by atoms with Gasteiger partial charge in [0.1, 0.15) is 5.65 Å². The van der Waals surface area contributed by atoms with E-state index in [9.17, 15) is 5.11 Å². The number of rotatable bonds is 6. The third-order valence-electron chi connectivity index (χ3n) is 3.84. The molecule has 0 bridgehead atoms. The second-order valence-corrected chi connectivity index (χ2v) is 6.54. The van der Waals surface area contributed by atoms with E-state index in [-0.39, 0.29) is 6.10 Å². The summed E-state index contributed by atoms with van der Waals surface area (Å²) in [6.45, 7) is 3.26. The van der Waals surface area contributed by atoms with Gasteiger partial charge in [-0.3, -0.25) is 0 Å². The number of aliphatic hydroxyl groups is 1. The molecule has 0 radical (unpaired) electrons. The summed E-state index contributed by atoms with van der Waals surface area (Å²) in [4.78, 5) is 6.84. The van der Waals surface area contributed by atoms with Gasteiger partial charge in [0.25, 0.3) is 0 Å². The molecule has 0 saturated carbocycles. The first-order chi connectivity index (χ1) is 11.2. The smallest absolute Gasteiger partial charge is 0.137 e. The van der Waals surface area contributed by atoms with Gasteiger partial charge in [-0.2, -0.15) is 0 Å². The van der Waals surface area contributed by atoms with Gasteiger partial charge in [0.05, 0.1) is 18.3 Å². The molecule has 1 N–H and O–H groups in total. The number of halogens is 1. The summed E-state index contributed by atoms with van der Waals surface area (Å²) in [6, 6.07) is 14.1. The molecule has 0 aliphatic heterocycles. The Labute approximate surface area is 144 Å². The van der Waals surface area contributed by atoms with E-state index in [0.29, 0.717) is 13.1 Å². The number of hydrogen-bond acceptors (Lipinski definition) is 3. The molecule has 0 aliphatic carbocycles. The SMILES string of the molecule is CCC(O)CN(Cc1cn2cc(Br)ccc2n1)c1ccccc1. The number of para-hydroxylation sites is 1. The fraction of sp³-hybridized carbons (Fsp3) is 0.278. The van der Waals surface area contributed by atoms with E-state index in [0.717, 1.165) is 27.9 Å². The molecule has 0 aliphatic rings. The fourth-order valence-electron chi connectivity index (χ4n) is 2.57. The first-order valence-corrected chi connectivity index (χ1v) is 8.56. The Morgan fingerprint density at radius 1 is 1.17 bits per heavy atom. The molecule has 1 atom stereocenters. The van der Waals surface area contributed by atoms with Crippen LogP contribution in [0.4, 0.5) is 5.69 Å². The number of hydrogen-bond donors (Lipinski definition) is 1. The van der Waals surface area contributed by atoms with Crippen molar-refractivity contribution in [3.8, 4) is 0 Å². The second-order valence-electron chi connectivity index (χ2n) is 5.62. The lowest BCUT2D eigenvalue weighted by Gasteiger charge is -2.26. The highest BCUT2D eigenvalue weighted by Gasteiger charge is 2.13. The van der Waals surface area contributed by atoms with Gasteiger partial charge in [0.15, 0.2) is 0 Å². The maximum atomic E-state index is 10.1. The first-order valence-electron chi connectivity index (χ1n) is 7.77. The molecule has 3 aromatic rings. The maximum Gasteiger partial charge on any atom is 0.137 e. The highest BCUT2D eigenvalue weighted by atomic mass is 79.9. The second kappa shape index (κ2) is 7.15. The number of benzene rings is 1. The standard InChI is InChI=1S/C18H20BrN3O/c1-2-17(23)13-21(16-6-4-3-5-7-16)11-15-12-22-10-14(19)8-9-18(22)20-15/h3-10,12,17,23H,2,11,13H2,1H3. The number of fused-ring (bicyclic) bond motifs is 1. The van der Waals surface area contributed by atoms with Crippen LogP contribution in [0.3, 0.4) is 0 Å². The number of anilines is 1. The molecular weight excluding hydrogens is 354 g/mol. The van der Waals surface area contributed by atoms with Gasteiger partial charge >= 0.3 is 0 Å². The lowest BCUT2D eigenvalue weighted by molar-refractivity contribution is 0.175. The molecule has 0 amide bonds. The van der Waals surface area contributed by atoms with Crippen LogP contribution in [-0.2, 0) is 6.54 Å². The number of nitrogens with zero attached hydrogens (tertiary/aromatic N) is 3. The van der Waals surface area contributed by atoms with Crippen molar-refractivity contribution in [2.75, 3.05) is 11.4 Å². The average Bonchev–Trinajstić information content (AvgIpc) is 2.96. The van der Waals surface area contributed by atoms with Crippen molar-refractivity contribution >= 4 is 27.3 Å². The molecule has 0 fully saturated rings. The molecule has 0 saturated heterocycles. The minimum Gasteiger partial charge on any atom is -0.391 e. The third kappa shape index (κ3) is 3.92. The monoisotopic (exact) mass is 373 g/mol. The maximum absolute atomic E-state index is 10.1. The quantitative estimate of drug-likeness (QED) is 0.712. The number of aromatic nitrogens is 2. The van der Waals surface area contributed by atoms with Crippen molar-refractivity contribution in [1.82, 2.24) is 9.38 Å². The molecule has 120 valence electrons. The van der Waals surface area contributed by atoms with Gasteiger partial charge in [-0.15, -0.1) is 0 Å². The molecule has 1 aromatic carbocycles. The van der Waals surface area contributed by atoms with Crippen LogP contribution in [0.1, 0.15) is 19.0 Å². The molecule has 1 unspecified atom stereocenters. The van der Waals surface area contributed by atoms with Crippen LogP contribution in [-0.4, -0.2) is 27.1 Å². The van der Waals surface area contributed by atoms with Crippen molar-refractivity contribution in [2.45, 2.75) is 26.0 Å². The van der Waals surface area contributed by atoms with Crippen molar-refractivity contribution < 1.29 is 5.11 Å². The first kappa shape index (κ1) is 16.0. The zero-order chi connectivity index (χ0) is 16.2. The van der Waals surface area contributed by atoms with E-state index >= 15 is 0 Å². The minimum atomic E-state index is -0.346. The predicted molar refractivity (Wildman–Crippen MR) is 96.7 cm³/mol. The van der Waals surface area contributed by atoms with Crippen molar-refractivity contribution in [1.29, 1.82) is 0 Å². The Balaban J connectivity index is 1.87. The summed E-state index contributed by atoms with van der Waals surface area (Å²) in [5.41, 5.74) is 3.00. The summed E-state index contributed by atoms with van der Waals surface area (Å²) >= 11 is 3.48. The van der Waals surface area contributed by atoms with E-state index in [1.54, 1.807) is 0 Å². The normalized spacial score (nSPS) is 12.5. The molecule has 4 nitrogen and oxygen atoms in total. The van der Waals surface area contributed by atoms with Gasteiger partial charge in [-0.25, -0.2) is 4.98 Å². The Kier molecular flexibility index (Phi) is 4.98. The molecule has 5 heteroatoms. The molecule has 3 rings (SSSR count). The van der Waals surface area contributed by atoms with Gasteiger partial charge in [-0.05, 0) is 46.6 Å². The van der Waals surface area contributed by atoms with E-state index in [4.69, 9.17) is 0 Å². The van der Waals surface area contributed by atoms with E-state index in [1.807, 2.05) is 54.0 Å². The molecule has 2 aromatic heterocycles. The summed E-state index contributed by atoms with van der Waals surface area (Å²) < 4.78 is 3.04. The van der Waals surface area contributed by atoms with E-state index in [1.165, 1.54) is 0 Å². The Hall–Kier alpha value is -1.85. The van der Waals surface area contributed by atoms with Crippen LogP contribution in [0.2, 0.25) is 0 Å². The lowest BCUT2D eigenvalue weighted by atomic mass is 10.2. The van der Waals surface area contributed by atoms with Crippen LogP contribution < -0.4 is 4.90 Å². The topological polar surface area (TPSA) is 40.8 Å². The number of pyridine rings is 1. The zero-order valence-corrected chi connectivity index (χ0v) is 14.6. The van der Waals surface area contributed by atoms with Crippen LogP contribution in [0.15, 0.2) is 59.3 Å². The van der Waals surface area contributed by atoms with E-state index in [2.05, 4.69) is 37.9 Å². The number of aliphatic hydroxyl groups excluding tert-OH is 1. The highest BCUT2D eigenvalue weighted by Crippen LogP contribution is 2.19. The molecule has 23 heavy (non-hydrogen) atoms. The van der Waals surface area contributed by atoms with Crippen molar-refractivity contribution in [2.24, 2.45) is 0 Å². The Bertz CT molecular complexity index is 772. The van der Waals surface area contributed by atoms with Gasteiger partial charge < -0.3 is 14.4 Å². The fourth-order valence-corrected chi connectivity index (χ4v) is 2.93. The zero-order valence-electron chi connectivity index (χ0n) is 13.1. The lowest BCUT2D eigenvalue weighted by Crippen LogP contribution is -2.31. The van der Waals surface area contributed by atoms with Gasteiger partial charge in [0, 0.05) is 29.1 Å². The molecule has 2 heterocycles. The molecular formula is C18H20BrN3O. The summed E-state index contributed by atoms with van der Waals surface area (Å²) in [6.07, 6.45) is 4.43. The van der Waals surface area contributed by atoms with Gasteiger partial charge in [0.2, 0.25) is 0 Å². The van der Waals surface area contributed by atoms with Crippen LogP contribution in [0.5, 0.6) is 0 Å². The summed E-state index contributed by atoms with van der Waals surface area (Å²) in [7, 11) is 0. The van der Waals surface area contributed by atoms with Crippen molar-refractivity contribution in [3.63, 3.8) is 0 Å². The van der Waals surface area contributed by atoms with Crippen LogP contribution >= 0.6 is 15.9 Å². The third-order valence-corrected chi connectivity index (χ3v) is 4.31. The summed E-state index contributed by atoms with van der Waals surface area (Å²) in [5.74, 6) is 0. The number of imidazole rings is 1. The van der Waals surface area contributed by atoms with Gasteiger partial charge in [-0.1, -0.05) is 25.1 Å². The highest BCUT2D eigenvalue weighted by molar-refractivity contribution is 9.10. The summed E-state index contributed by atoms with van der Waals surface area (Å²) in [5, 5.41) is 10.1.